The summed E-state index contributed by atoms with van der Waals surface area (Å²) in [5.74, 6) is 0. The van der Waals surface area contributed by atoms with Gasteiger partial charge in [0, 0.05) is 31.2 Å². The zero-order valence-corrected chi connectivity index (χ0v) is 12.6. The van der Waals surface area contributed by atoms with Gasteiger partial charge in [0.1, 0.15) is 5.69 Å². The number of hydrogen-bond acceptors (Lipinski definition) is 4. The molecule has 0 atom stereocenters. The van der Waals surface area contributed by atoms with Crippen LogP contribution < -0.4 is 4.90 Å². The summed E-state index contributed by atoms with van der Waals surface area (Å²) in [7, 11) is 1.93. The monoisotopic (exact) mass is 317 g/mol. The van der Waals surface area contributed by atoms with Crippen molar-refractivity contribution in [2.45, 2.75) is 25.6 Å². The van der Waals surface area contributed by atoms with Crippen molar-refractivity contribution < 1.29 is 18.1 Å². The number of piperazine rings is 1. The van der Waals surface area contributed by atoms with E-state index in [-0.39, 0.29) is 16.9 Å². The highest BCUT2D eigenvalue weighted by molar-refractivity contribution is 5.65. The van der Waals surface area contributed by atoms with Crippen molar-refractivity contribution in [1.82, 2.24) is 4.90 Å². The molecule has 1 fully saturated rings. The van der Waals surface area contributed by atoms with E-state index in [1.165, 1.54) is 0 Å². The fourth-order valence-electron chi connectivity index (χ4n) is 2.55. The highest BCUT2D eigenvalue weighted by atomic mass is 19.4. The van der Waals surface area contributed by atoms with E-state index >= 15 is 0 Å². The van der Waals surface area contributed by atoms with E-state index in [2.05, 4.69) is 4.90 Å². The minimum Gasteiger partial charge on any atom is -0.363 e. The minimum absolute atomic E-state index is 0.0287. The highest BCUT2D eigenvalue weighted by Crippen LogP contribution is 2.38. The first-order valence-electron chi connectivity index (χ1n) is 6.84. The molecule has 0 unspecified atom stereocenters. The predicted octanol–water partition coefficient (Wildman–Crippen LogP) is 3.14. The molecule has 1 aliphatic heterocycles. The van der Waals surface area contributed by atoms with Gasteiger partial charge in [0.2, 0.25) is 0 Å². The molecule has 8 heteroatoms. The number of nitro benzene ring substituents is 1. The van der Waals surface area contributed by atoms with Gasteiger partial charge in [-0.15, -0.1) is 0 Å². The Balaban J connectivity index is 2.46. The van der Waals surface area contributed by atoms with Crippen LogP contribution in [0.5, 0.6) is 0 Å². The van der Waals surface area contributed by atoms with Crippen LogP contribution in [0, 0.1) is 10.1 Å². The molecule has 0 amide bonds. The lowest BCUT2D eigenvalue weighted by Gasteiger charge is -2.46. The molecule has 0 saturated carbocycles. The quantitative estimate of drug-likeness (QED) is 0.621. The van der Waals surface area contributed by atoms with E-state index < -0.39 is 16.7 Å². The number of alkyl halides is 3. The second kappa shape index (κ2) is 5.42. The minimum atomic E-state index is -4.52. The van der Waals surface area contributed by atoms with Crippen LogP contribution in [-0.4, -0.2) is 42.0 Å². The average Bonchev–Trinajstić information content (AvgIpc) is 2.40. The Morgan fingerprint density at radius 2 is 1.91 bits per heavy atom. The number of rotatable bonds is 2. The van der Waals surface area contributed by atoms with Crippen LogP contribution in [0.2, 0.25) is 0 Å². The van der Waals surface area contributed by atoms with Crippen molar-refractivity contribution >= 4 is 11.4 Å². The van der Waals surface area contributed by atoms with E-state index in [4.69, 9.17) is 0 Å². The zero-order chi connectivity index (χ0) is 16.7. The van der Waals surface area contributed by atoms with Gasteiger partial charge < -0.3 is 4.90 Å². The van der Waals surface area contributed by atoms with Crippen molar-refractivity contribution in [3.63, 3.8) is 0 Å². The van der Waals surface area contributed by atoms with Crippen LogP contribution >= 0.6 is 0 Å². The molecule has 0 spiro atoms. The van der Waals surface area contributed by atoms with Crippen LogP contribution in [0.15, 0.2) is 18.2 Å². The van der Waals surface area contributed by atoms with Crippen molar-refractivity contribution in [1.29, 1.82) is 0 Å². The Bertz CT molecular complexity index is 587. The van der Waals surface area contributed by atoms with Crippen LogP contribution in [0.1, 0.15) is 19.4 Å². The molecule has 0 radical (unpaired) electrons. The molecule has 1 heterocycles. The third-order valence-electron chi connectivity index (χ3n) is 4.16. The largest absolute Gasteiger partial charge is 0.416 e. The van der Waals surface area contributed by atoms with Crippen LogP contribution in [0.3, 0.4) is 0 Å². The molecule has 1 aromatic carbocycles. The maximum Gasteiger partial charge on any atom is 0.416 e. The lowest BCUT2D eigenvalue weighted by atomic mass is 9.98. The summed E-state index contributed by atoms with van der Waals surface area (Å²) in [6.45, 7) is 5.41. The summed E-state index contributed by atoms with van der Waals surface area (Å²) in [5.41, 5.74) is -1.42. The Hall–Kier alpha value is -1.83. The van der Waals surface area contributed by atoms with Crippen LogP contribution in [-0.2, 0) is 6.18 Å². The summed E-state index contributed by atoms with van der Waals surface area (Å²) < 4.78 is 38.7. The number of hydrogen-bond donors (Lipinski definition) is 0. The van der Waals surface area contributed by atoms with Crippen molar-refractivity contribution in [3.8, 4) is 0 Å². The first-order valence-corrected chi connectivity index (χ1v) is 6.84. The molecule has 0 bridgehead atoms. The standard InChI is InChI=1S/C14H18F3N3O2/c1-13(2)9-19(7-6-18(13)3)12-8-10(14(15,16)17)4-5-11(12)20(21)22/h4-5,8H,6-7,9H2,1-3H3. The molecular formula is C14H18F3N3O2. The molecule has 122 valence electrons. The normalized spacial score (nSPS) is 19.3. The number of likely N-dealkylation sites (N-methyl/N-ethyl adjacent to an activating group) is 1. The molecule has 2 rings (SSSR count). The van der Waals surface area contributed by atoms with Crippen LogP contribution in [0.25, 0.3) is 0 Å². The molecular weight excluding hydrogens is 299 g/mol. The number of nitrogens with zero attached hydrogens (tertiary/aromatic N) is 3. The van der Waals surface area contributed by atoms with Gasteiger partial charge in [-0.05, 0) is 33.0 Å². The second-order valence-corrected chi connectivity index (χ2v) is 6.11. The number of nitro groups is 1. The Morgan fingerprint density at radius 3 is 2.41 bits per heavy atom. The van der Waals surface area contributed by atoms with E-state index in [0.29, 0.717) is 19.6 Å². The number of anilines is 1. The zero-order valence-electron chi connectivity index (χ0n) is 12.6. The summed E-state index contributed by atoms with van der Waals surface area (Å²) in [6, 6.07) is 2.56. The molecule has 1 aliphatic rings. The Labute approximate surface area is 126 Å². The first-order chi connectivity index (χ1) is 10.0. The average molecular weight is 317 g/mol. The third kappa shape index (κ3) is 3.16. The molecule has 1 aromatic rings. The smallest absolute Gasteiger partial charge is 0.363 e. The van der Waals surface area contributed by atoms with Gasteiger partial charge in [0.25, 0.3) is 5.69 Å². The fourth-order valence-corrected chi connectivity index (χ4v) is 2.55. The van der Waals surface area contributed by atoms with Crippen LogP contribution in [0.4, 0.5) is 24.5 Å². The Morgan fingerprint density at radius 1 is 1.27 bits per heavy atom. The van der Waals surface area contributed by atoms with Crippen molar-refractivity contribution in [2.75, 3.05) is 31.6 Å². The first kappa shape index (κ1) is 16.5. The molecule has 5 nitrogen and oxygen atoms in total. The van der Waals surface area contributed by atoms with Crippen molar-refractivity contribution in [3.05, 3.63) is 33.9 Å². The summed E-state index contributed by atoms with van der Waals surface area (Å²) >= 11 is 0. The van der Waals surface area contributed by atoms with E-state index in [0.717, 1.165) is 18.2 Å². The summed E-state index contributed by atoms with van der Waals surface area (Å²) in [4.78, 5) is 14.2. The van der Waals surface area contributed by atoms with Gasteiger partial charge >= 0.3 is 6.18 Å². The molecule has 22 heavy (non-hydrogen) atoms. The molecule has 0 aliphatic carbocycles. The maximum absolute atomic E-state index is 12.9. The SMILES string of the molecule is CN1CCN(c2cc(C(F)(F)F)ccc2[N+](=O)[O-])CC1(C)C. The van der Waals surface area contributed by atoms with Gasteiger partial charge in [-0.2, -0.15) is 13.2 Å². The Kier molecular flexibility index (Phi) is 4.08. The lowest BCUT2D eigenvalue weighted by molar-refractivity contribution is -0.384. The third-order valence-corrected chi connectivity index (χ3v) is 4.16. The predicted molar refractivity (Wildman–Crippen MR) is 77.0 cm³/mol. The molecule has 1 saturated heterocycles. The van der Waals surface area contributed by atoms with Gasteiger partial charge in [0.05, 0.1) is 10.5 Å². The van der Waals surface area contributed by atoms with E-state index in [1.54, 1.807) is 4.90 Å². The van der Waals surface area contributed by atoms with Crippen molar-refractivity contribution in [2.24, 2.45) is 0 Å². The highest BCUT2D eigenvalue weighted by Gasteiger charge is 2.36. The maximum atomic E-state index is 12.9. The lowest BCUT2D eigenvalue weighted by Crippen LogP contribution is -2.57. The molecule has 0 N–H and O–H groups in total. The topological polar surface area (TPSA) is 49.6 Å². The summed E-state index contributed by atoms with van der Waals surface area (Å²) in [6.07, 6.45) is -4.52. The fraction of sp³-hybridized carbons (Fsp3) is 0.571. The van der Waals surface area contributed by atoms with Gasteiger partial charge in [0.15, 0.2) is 0 Å². The second-order valence-electron chi connectivity index (χ2n) is 6.11. The van der Waals surface area contributed by atoms with E-state index in [9.17, 15) is 23.3 Å². The number of halogens is 3. The van der Waals surface area contributed by atoms with Gasteiger partial charge in [-0.1, -0.05) is 0 Å². The summed E-state index contributed by atoms with van der Waals surface area (Å²) in [5, 5.41) is 11.1. The number of benzene rings is 1. The van der Waals surface area contributed by atoms with E-state index in [1.807, 2.05) is 20.9 Å². The van der Waals surface area contributed by atoms with Gasteiger partial charge in [-0.3, -0.25) is 15.0 Å². The molecule has 0 aromatic heterocycles. The van der Waals surface area contributed by atoms with Gasteiger partial charge in [-0.25, -0.2) is 0 Å².